The number of nitrogens with zero attached hydrogens (tertiary/aromatic N) is 2. The van der Waals surface area contributed by atoms with Crippen LogP contribution >= 0.6 is 0 Å². The lowest BCUT2D eigenvalue weighted by atomic mass is 9.91. The van der Waals surface area contributed by atoms with Crippen LogP contribution in [0.2, 0.25) is 0 Å². The highest BCUT2D eigenvalue weighted by Gasteiger charge is 2.33. The van der Waals surface area contributed by atoms with Gasteiger partial charge in [0.1, 0.15) is 29.1 Å². The minimum atomic E-state index is -4.61. The van der Waals surface area contributed by atoms with Crippen LogP contribution in [0.3, 0.4) is 0 Å². The summed E-state index contributed by atoms with van der Waals surface area (Å²) in [6.07, 6.45) is 2.28. The molecule has 2 heterocycles. The third-order valence-corrected chi connectivity index (χ3v) is 5.82. The van der Waals surface area contributed by atoms with Gasteiger partial charge in [-0.2, -0.15) is 8.42 Å². The second kappa shape index (κ2) is 7.26. The molecule has 148 valence electrons. The number of carbonyl (C=O) groups excluding carboxylic acids is 1. The van der Waals surface area contributed by atoms with Crippen molar-refractivity contribution in [2.24, 2.45) is 5.73 Å². The number of hydrogen-bond donors (Lipinski definition) is 4. The van der Waals surface area contributed by atoms with E-state index in [2.05, 4.69) is 15.0 Å². The van der Waals surface area contributed by atoms with Crippen LogP contribution in [-0.2, 0) is 10.1 Å². The summed E-state index contributed by atoms with van der Waals surface area (Å²) >= 11 is 0. The van der Waals surface area contributed by atoms with E-state index in [0.29, 0.717) is 11.0 Å². The fourth-order valence-corrected chi connectivity index (χ4v) is 4.16. The van der Waals surface area contributed by atoms with Crippen LogP contribution in [0.4, 0.5) is 4.39 Å². The van der Waals surface area contributed by atoms with Crippen molar-refractivity contribution in [3.63, 3.8) is 0 Å². The van der Waals surface area contributed by atoms with Gasteiger partial charge >= 0.3 is 0 Å². The Morgan fingerprint density at radius 3 is 2.68 bits per heavy atom. The number of hydrogen-bond acceptors (Lipinski definition) is 6. The maximum absolute atomic E-state index is 15.1. The number of aromatic amines is 1. The summed E-state index contributed by atoms with van der Waals surface area (Å²) in [5.74, 6) is -2.24. The number of nitrogens with one attached hydrogen (secondary N) is 1. The van der Waals surface area contributed by atoms with E-state index in [0.717, 1.165) is 12.1 Å². The summed E-state index contributed by atoms with van der Waals surface area (Å²) in [7, 11) is -4.61. The Hall–Kier alpha value is -2.89. The first kappa shape index (κ1) is 19.9. The smallest absolute Gasteiger partial charge is 0.271 e. The van der Waals surface area contributed by atoms with Gasteiger partial charge < -0.3 is 15.8 Å². The lowest BCUT2D eigenvalue weighted by molar-refractivity contribution is 0.0995. The average Bonchev–Trinajstić information content (AvgIpc) is 3.04. The van der Waals surface area contributed by atoms with Gasteiger partial charge in [-0.25, -0.2) is 14.4 Å². The normalized spacial score (nSPS) is 14.1. The zero-order valence-electron chi connectivity index (χ0n) is 14.6. The predicted octanol–water partition coefficient (Wildman–Crippen LogP) is 1.62. The molecule has 2 aromatic heterocycles. The zero-order valence-corrected chi connectivity index (χ0v) is 15.4. The molecule has 1 aromatic carbocycles. The number of aliphatic hydroxyl groups excluding tert-OH is 1. The topological polar surface area (TPSA) is 159 Å². The molecule has 11 heteroatoms. The number of nitrogens with two attached hydrogens (primary N) is 1. The number of benzene rings is 1. The molecular formula is C17H17FN4O5S. The van der Waals surface area contributed by atoms with E-state index in [9.17, 15) is 22.9 Å². The van der Waals surface area contributed by atoms with Gasteiger partial charge in [-0.05, 0) is 18.1 Å². The number of halogens is 1. The van der Waals surface area contributed by atoms with Crippen molar-refractivity contribution in [2.45, 2.75) is 24.7 Å². The Balaban J connectivity index is 2.30. The Morgan fingerprint density at radius 2 is 2.07 bits per heavy atom. The van der Waals surface area contributed by atoms with Gasteiger partial charge in [0.2, 0.25) is 0 Å². The number of primary amides is 1. The summed E-state index contributed by atoms with van der Waals surface area (Å²) < 4.78 is 48.3. The molecule has 0 saturated heterocycles. The van der Waals surface area contributed by atoms with Crippen molar-refractivity contribution in [2.75, 3.05) is 0 Å². The number of amides is 1. The largest absolute Gasteiger partial charge is 0.383 e. The number of carbonyl (C=O) groups is 1. The van der Waals surface area contributed by atoms with E-state index in [1.165, 1.54) is 25.6 Å². The molecule has 0 saturated carbocycles. The van der Waals surface area contributed by atoms with Crippen molar-refractivity contribution in [3.8, 4) is 0 Å². The second-order valence-electron chi connectivity index (χ2n) is 6.14. The lowest BCUT2D eigenvalue weighted by Crippen LogP contribution is -2.20. The third-order valence-electron chi connectivity index (χ3n) is 4.51. The molecule has 0 radical (unpaired) electrons. The molecule has 0 aliphatic heterocycles. The highest BCUT2D eigenvalue weighted by atomic mass is 32.2. The van der Waals surface area contributed by atoms with E-state index in [1.807, 2.05) is 0 Å². The molecule has 0 spiro atoms. The third kappa shape index (κ3) is 3.35. The second-order valence-corrected chi connectivity index (χ2v) is 7.74. The van der Waals surface area contributed by atoms with Crippen molar-refractivity contribution in [3.05, 3.63) is 58.9 Å². The molecule has 0 bridgehead atoms. The minimum absolute atomic E-state index is 0.0924. The van der Waals surface area contributed by atoms with E-state index >= 15 is 4.39 Å². The lowest BCUT2D eigenvalue weighted by Gasteiger charge is -2.21. The number of fused-ring (bicyclic) bond motifs is 1. The molecule has 5 N–H and O–H groups in total. The number of H-pyrrole nitrogens is 1. The quantitative estimate of drug-likeness (QED) is 0.451. The van der Waals surface area contributed by atoms with Crippen molar-refractivity contribution in [1.82, 2.24) is 15.0 Å². The van der Waals surface area contributed by atoms with Crippen molar-refractivity contribution < 1.29 is 27.3 Å². The fourth-order valence-electron chi connectivity index (χ4n) is 3.21. The van der Waals surface area contributed by atoms with Crippen LogP contribution in [0.1, 0.15) is 51.7 Å². The number of aromatic nitrogens is 3. The van der Waals surface area contributed by atoms with Gasteiger partial charge in [-0.3, -0.25) is 9.35 Å². The van der Waals surface area contributed by atoms with E-state index in [4.69, 9.17) is 5.73 Å². The van der Waals surface area contributed by atoms with Gasteiger partial charge in [0, 0.05) is 28.9 Å². The van der Waals surface area contributed by atoms with Crippen LogP contribution < -0.4 is 5.73 Å². The predicted molar refractivity (Wildman–Crippen MR) is 97.4 cm³/mol. The zero-order chi connectivity index (χ0) is 20.6. The molecule has 0 aliphatic carbocycles. The van der Waals surface area contributed by atoms with Gasteiger partial charge in [0.15, 0.2) is 0 Å². The summed E-state index contributed by atoms with van der Waals surface area (Å²) in [6, 6.07) is 2.18. The SMILES string of the molecule is CCC(c1ccc(C(N)=O)c(F)c1C(O)c1c[nH]c2ncncc12)S(=O)(=O)O. The van der Waals surface area contributed by atoms with Crippen molar-refractivity contribution in [1.29, 1.82) is 0 Å². The van der Waals surface area contributed by atoms with E-state index in [-0.39, 0.29) is 17.5 Å². The van der Waals surface area contributed by atoms with Crippen LogP contribution in [-0.4, -0.2) is 38.9 Å². The summed E-state index contributed by atoms with van der Waals surface area (Å²) in [6.45, 7) is 1.48. The summed E-state index contributed by atoms with van der Waals surface area (Å²) in [4.78, 5) is 22.2. The Bertz CT molecular complexity index is 1160. The van der Waals surface area contributed by atoms with Gasteiger partial charge in [0.25, 0.3) is 16.0 Å². The van der Waals surface area contributed by atoms with Crippen LogP contribution in [0.15, 0.2) is 30.9 Å². The molecule has 9 nitrogen and oxygen atoms in total. The van der Waals surface area contributed by atoms with Gasteiger partial charge in [-0.15, -0.1) is 0 Å². The highest BCUT2D eigenvalue weighted by Crippen LogP contribution is 2.38. The summed E-state index contributed by atoms with van der Waals surface area (Å²) in [5.41, 5.74) is 4.57. The number of aliphatic hydroxyl groups is 1. The molecule has 0 aliphatic rings. The average molecular weight is 408 g/mol. The monoisotopic (exact) mass is 408 g/mol. The first-order chi connectivity index (χ1) is 13.2. The summed E-state index contributed by atoms with van der Waals surface area (Å²) in [5, 5.41) is 9.79. The van der Waals surface area contributed by atoms with E-state index in [1.54, 1.807) is 0 Å². The maximum atomic E-state index is 15.1. The standard InChI is InChI=1S/C17H17FN4O5S/c1-2-12(28(25,26)27)8-3-4-9(16(19)24)14(18)13(8)15(23)10-6-21-17-11(10)5-20-7-22-17/h3-7,12,15,23H,2H2,1H3,(H2,19,24)(H,20,21,22)(H,25,26,27). The molecule has 1 amide bonds. The van der Waals surface area contributed by atoms with Crippen LogP contribution in [0.25, 0.3) is 11.0 Å². The first-order valence-electron chi connectivity index (χ1n) is 8.20. The maximum Gasteiger partial charge on any atom is 0.271 e. The Kier molecular flexibility index (Phi) is 5.15. The van der Waals surface area contributed by atoms with Crippen LogP contribution in [0, 0.1) is 5.82 Å². The highest BCUT2D eigenvalue weighted by molar-refractivity contribution is 7.86. The molecule has 3 aromatic rings. The Labute approximate surface area is 159 Å². The number of rotatable bonds is 6. The molecule has 2 atom stereocenters. The van der Waals surface area contributed by atoms with Gasteiger partial charge in [0.05, 0.1) is 5.56 Å². The minimum Gasteiger partial charge on any atom is -0.383 e. The van der Waals surface area contributed by atoms with E-state index < -0.39 is 44.3 Å². The molecular weight excluding hydrogens is 391 g/mol. The first-order valence-corrected chi connectivity index (χ1v) is 9.70. The molecule has 3 rings (SSSR count). The fraction of sp³-hybridized carbons (Fsp3) is 0.235. The van der Waals surface area contributed by atoms with Crippen molar-refractivity contribution >= 4 is 27.1 Å². The molecule has 28 heavy (non-hydrogen) atoms. The molecule has 2 unspecified atom stereocenters. The Morgan fingerprint density at radius 1 is 1.36 bits per heavy atom. The van der Waals surface area contributed by atoms with Gasteiger partial charge in [-0.1, -0.05) is 13.0 Å². The molecule has 0 fully saturated rings. The van der Waals surface area contributed by atoms with Crippen LogP contribution in [0.5, 0.6) is 0 Å².